The molecule has 0 unspecified atom stereocenters. The molecule has 2 aromatic carbocycles. The van der Waals surface area contributed by atoms with Gasteiger partial charge in [0.05, 0.1) is 16.7 Å². The zero-order chi connectivity index (χ0) is 24.6. The lowest BCUT2D eigenvalue weighted by molar-refractivity contribution is 0.240. The molecule has 4 N–H and O–H groups in total. The van der Waals surface area contributed by atoms with Gasteiger partial charge in [-0.25, -0.2) is 19.3 Å². The third kappa shape index (κ3) is 4.28. The van der Waals surface area contributed by atoms with E-state index in [1.807, 2.05) is 30.4 Å². The van der Waals surface area contributed by atoms with Crippen LogP contribution in [-0.2, 0) is 6.42 Å². The number of hydrogen-bond donors (Lipinski definition) is 4. The Morgan fingerprint density at radius 3 is 2.72 bits per heavy atom. The Morgan fingerprint density at radius 1 is 1.08 bits per heavy atom. The highest BCUT2D eigenvalue weighted by molar-refractivity contribution is 5.91. The molecule has 1 fully saturated rings. The highest BCUT2D eigenvalue weighted by atomic mass is 19.1. The van der Waals surface area contributed by atoms with Gasteiger partial charge in [-0.2, -0.15) is 5.10 Å². The summed E-state index contributed by atoms with van der Waals surface area (Å²) >= 11 is 0. The van der Waals surface area contributed by atoms with E-state index in [-0.39, 0.29) is 23.4 Å². The summed E-state index contributed by atoms with van der Waals surface area (Å²) in [6.45, 7) is 0. The predicted molar refractivity (Wildman–Crippen MR) is 136 cm³/mol. The van der Waals surface area contributed by atoms with Crippen LogP contribution in [0.2, 0.25) is 0 Å². The summed E-state index contributed by atoms with van der Waals surface area (Å²) in [6.07, 6.45) is 9.28. The summed E-state index contributed by atoms with van der Waals surface area (Å²) in [4.78, 5) is 31.8. The second-order valence-electron chi connectivity index (χ2n) is 9.35. The Morgan fingerprint density at radius 2 is 1.92 bits per heavy atom. The number of amides is 2. The van der Waals surface area contributed by atoms with Gasteiger partial charge < -0.3 is 10.3 Å². The van der Waals surface area contributed by atoms with Crippen molar-refractivity contribution < 1.29 is 9.18 Å². The minimum Gasteiger partial charge on any atom is -0.335 e. The SMILES string of the molecule is O=C(Nc1nc2ccc(-c3cc(Cc4n[nH]c(=O)c5c4=CCCC=5)ccc3F)cc2[nH]1)NC1CCC1. The summed E-state index contributed by atoms with van der Waals surface area (Å²) < 4.78 is 14.9. The Bertz CT molecular complexity index is 1670. The standard InChI is InChI=1S/C27H25FN6O2/c28-21-10-8-15(13-23-18-6-1-2-7-19(18)25(35)34-33-23)12-20(21)16-9-11-22-24(14-16)31-26(30-22)32-27(36)29-17-4-3-5-17/h6-12,14,17H,1-5,13H2,(H,34,35)(H3,29,30,31,32,36). The van der Waals surface area contributed by atoms with Gasteiger partial charge in [0.25, 0.3) is 5.56 Å². The normalized spacial score (nSPS) is 14.9. The fourth-order valence-corrected chi connectivity index (χ4v) is 4.75. The third-order valence-corrected chi connectivity index (χ3v) is 6.87. The van der Waals surface area contributed by atoms with E-state index >= 15 is 0 Å². The average Bonchev–Trinajstić information content (AvgIpc) is 3.26. The Kier molecular flexibility index (Phi) is 5.59. The molecule has 0 saturated heterocycles. The van der Waals surface area contributed by atoms with E-state index in [4.69, 9.17) is 0 Å². The van der Waals surface area contributed by atoms with E-state index < -0.39 is 0 Å². The van der Waals surface area contributed by atoms with Crippen LogP contribution >= 0.6 is 0 Å². The van der Waals surface area contributed by atoms with Crippen molar-refractivity contribution in [2.75, 3.05) is 5.32 Å². The van der Waals surface area contributed by atoms with E-state index in [1.54, 1.807) is 12.1 Å². The largest absolute Gasteiger partial charge is 0.335 e. The molecule has 2 heterocycles. The summed E-state index contributed by atoms with van der Waals surface area (Å²) in [5.74, 6) is 0.00219. The van der Waals surface area contributed by atoms with Crippen molar-refractivity contribution in [3.8, 4) is 11.1 Å². The first kappa shape index (κ1) is 22.2. The van der Waals surface area contributed by atoms with E-state index in [0.29, 0.717) is 39.7 Å². The Balaban J connectivity index is 1.28. The van der Waals surface area contributed by atoms with Gasteiger partial charge in [-0.1, -0.05) is 24.3 Å². The van der Waals surface area contributed by atoms with Gasteiger partial charge >= 0.3 is 6.03 Å². The predicted octanol–water partition coefficient (Wildman–Crippen LogP) is 3.07. The lowest BCUT2D eigenvalue weighted by Gasteiger charge is -2.26. The summed E-state index contributed by atoms with van der Waals surface area (Å²) in [5, 5.41) is 14.0. The minimum atomic E-state index is -0.341. The van der Waals surface area contributed by atoms with Crippen molar-refractivity contribution in [2.45, 2.75) is 44.6 Å². The highest BCUT2D eigenvalue weighted by Crippen LogP contribution is 2.28. The van der Waals surface area contributed by atoms with Crippen LogP contribution in [0.3, 0.4) is 0 Å². The lowest BCUT2D eigenvalue weighted by Crippen LogP contribution is -2.45. The van der Waals surface area contributed by atoms with Crippen molar-refractivity contribution in [3.05, 3.63) is 74.3 Å². The number of halogens is 1. The fraction of sp³-hybridized carbons (Fsp3) is 0.259. The van der Waals surface area contributed by atoms with Gasteiger partial charge in [-0.05, 0) is 67.5 Å². The number of aromatic amines is 2. The smallest absolute Gasteiger partial charge is 0.321 e. The number of H-pyrrole nitrogens is 2. The van der Waals surface area contributed by atoms with Crippen molar-refractivity contribution in [1.29, 1.82) is 0 Å². The number of imidazole rings is 1. The first-order valence-corrected chi connectivity index (χ1v) is 12.2. The number of carbonyl (C=O) groups is 1. The van der Waals surface area contributed by atoms with E-state index in [9.17, 15) is 14.0 Å². The molecule has 2 aliphatic carbocycles. The number of aromatic nitrogens is 4. The number of urea groups is 1. The number of benzene rings is 2. The number of hydrogen-bond acceptors (Lipinski definition) is 4. The molecule has 0 atom stereocenters. The summed E-state index contributed by atoms with van der Waals surface area (Å²) in [5.41, 5.74) is 3.96. The molecule has 8 nitrogen and oxygen atoms in total. The van der Waals surface area contributed by atoms with Crippen molar-refractivity contribution in [2.24, 2.45) is 0 Å². The minimum absolute atomic E-state index is 0.188. The maximum atomic E-state index is 14.9. The number of anilines is 1. The van der Waals surface area contributed by atoms with Crippen LogP contribution in [0.25, 0.3) is 34.3 Å². The van der Waals surface area contributed by atoms with Gasteiger partial charge in [-0.15, -0.1) is 0 Å². The van der Waals surface area contributed by atoms with Gasteiger partial charge in [0.2, 0.25) is 5.95 Å². The Labute approximate surface area is 205 Å². The van der Waals surface area contributed by atoms with Gasteiger partial charge in [0.15, 0.2) is 0 Å². The molecule has 2 amide bonds. The average molecular weight is 485 g/mol. The number of fused-ring (bicyclic) bond motifs is 2. The van der Waals surface area contributed by atoms with E-state index in [2.05, 4.69) is 30.8 Å². The molecular formula is C27H25FN6O2. The van der Waals surface area contributed by atoms with Crippen molar-refractivity contribution in [3.63, 3.8) is 0 Å². The number of nitrogens with zero attached hydrogens (tertiary/aromatic N) is 2. The highest BCUT2D eigenvalue weighted by Gasteiger charge is 2.20. The number of carbonyl (C=O) groups excluding carboxylic acids is 1. The van der Waals surface area contributed by atoms with E-state index in [1.165, 1.54) is 6.07 Å². The first-order chi connectivity index (χ1) is 17.5. The molecule has 0 aliphatic heterocycles. The van der Waals surface area contributed by atoms with Crippen LogP contribution in [0.5, 0.6) is 0 Å². The molecule has 2 aromatic heterocycles. The van der Waals surface area contributed by atoms with Gasteiger partial charge in [0, 0.05) is 28.5 Å². The molecule has 1 saturated carbocycles. The van der Waals surface area contributed by atoms with Crippen LogP contribution in [0.15, 0.2) is 41.2 Å². The molecule has 0 radical (unpaired) electrons. The zero-order valence-corrected chi connectivity index (χ0v) is 19.5. The van der Waals surface area contributed by atoms with Gasteiger partial charge in [-0.3, -0.25) is 10.1 Å². The molecule has 4 aromatic rings. The monoisotopic (exact) mass is 484 g/mol. The molecule has 36 heavy (non-hydrogen) atoms. The molecule has 182 valence electrons. The van der Waals surface area contributed by atoms with Crippen molar-refractivity contribution in [1.82, 2.24) is 25.5 Å². The second kappa shape index (κ2) is 9.07. The van der Waals surface area contributed by atoms with Crippen LogP contribution in [-0.4, -0.2) is 32.2 Å². The molecule has 2 aliphatic rings. The van der Waals surface area contributed by atoms with Crippen molar-refractivity contribution >= 4 is 35.2 Å². The third-order valence-electron chi connectivity index (χ3n) is 6.87. The molecule has 0 bridgehead atoms. The summed E-state index contributed by atoms with van der Waals surface area (Å²) in [7, 11) is 0. The van der Waals surface area contributed by atoms with Crippen LogP contribution in [0, 0.1) is 5.82 Å². The lowest BCUT2D eigenvalue weighted by atomic mass is 9.93. The van der Waals surface area contributed by atoms with Crippen LogP contribution < -0.4 is 26.6 Å². The maximum Gasteiger partial charge on any atom is 0.321 e. The second-order valence-corrected chi connectivity index (χ2v) is 9.35. The zero-order valence-electron chi connectivity index (χ0n) is 19.5. The first-order valence-electron chi connectivity index (χ1n) is 12.2. The molecule has 0 spiro atoms. The molecular weight excluding hydrogens is 459 g/mol. The quantitative estimate of drug-likeness (QED) is 0.348. The number of rotatable bonds is 5. The van der Waals surface area contributed by atoms with Crippen LogP contribution in [0.1, 0.15) is 43.4 Å². The Hall–Kier alpha value is -4.27. The molecule has 6 rings (SSSR count). The molecule has 9 heteroatoms. The summed E-state index contributed by atoms with van der Waals surface area (Å²) in [6, 6.07) is 10.4. The number of nitrogens with one attached hydrogen (secondary N) is 4. The van der Waals surface area contributed by atoms with Crippen LogP contribution in [0.4, 0.5) is 15.1 Å². The van der Waals surface area contributed by atoms with E-state index in [0.717, 1.165) is 48.6 Å². The van der Waals surface area contributed by atoms with Gasteiger partial charge in [0.1, 0.15) is 5.82 Å². The topological polar surface area (TPSA) is 116 Å². The fourth-order valence-electron chi connectivity index (χ4n) is 4.75. The maximum absolute atomic E-state index is 14.9.